The van der Waals surface area contributed by atoms with Gasteiger partial charge in [-0.1, -0.05) is 0 Å². The Morgan fingerprint density at radius 2 is 1.25 bits per heavy atom. The van der Waals surface area contributed by atoms with Gasteiger partial charge in [0.1, 0.15) is 0 Å². The van der Waals surface area contributed by atoms with Crippen LogP contribution in [0, 0.1) is 0 Å². The summed E-state index contributed by atoms with van der Waals surface area (Å²) in [5.74, 6) is 0. The van der Waals surface area contributed by atoms with E-state index in [0.717, 1.165) is 0 Å². The summed E-state index contributed by atoms with van der Waals surface area (Å²) in [5.41, 5.74) is 0. The van der Waals surface area contributed by atoms with Crippen LogP contribution in [0.2, 0.25) is 0 Å². The van der Waals surface area contributed by atoms with Crippen LogP contribution in [0.1, 0.15) is 0 Å². The van der Waals surface area contributed by atoms with Crippen LogP contribution in [0.4, 0.5) is 0 Å². The molecular weight excluding hydrogens is 137 g/mol. The first-order valence-corrected chi connectivity index (χ1v) is 0.532. The molecule has 1 nitrogen and oxygen atoms in total. The molecule has 0 rings (SSSR count). The van der Waals surface area contributed by atoms with E-state index < -0.39 is 0 Å². The van der Waals surface area contributed by atoms with E-state index in [-0.39, 0.29) is 35.9 Å². The molecule has 0 aliphatic heterocycles. The molecule has 0 aromatic carbocycles. The minimum absolute atomic E-state index is 0. The van der Waals surface area contributed by atoms with E-state index in [9.17, 15) is 0 Å². The third kappa shape index (κ3) is 9.96. The van der Waals surface area contributed by atoms with Gasteiger partial charge in [-0.3, -0.25) is 0 Å². The van der Waals surface area contributed by atoms with Crippen molar-refractivity contribution in [3.8, 4) is 0 Å². The van der Waals surface area contributed by atoms with Gasteiger partial charge in [0, 0.05) is 35.9 Å². The number of hydrogen-bond acceptors (Lipinski definition) is 1. The summed E-state index contributed by atoms with van der Waals surface area (Å²) in [4.78, 5) is 0. The van der Waals surface area contributed by atoms with Crippen molar-refractivity contribution in [1.29, 1.82) is 0 Å². The summed E-state index contributed by atoms with van der Waals surface area (Å²) < 4.78 is 7.88. The molecule has 4 heavy (non-hydrogen) atoms. The molecule has 0 heterocycles. The van der Waals surface area contributed by atoms with Crippen LogP contribution in [0.15, 0.2) is 0 Å². The van der Waals surface area contributed by atoms with Crippen LogP contribution in [-0.4, -0.2) is 18.9 Å². The molecule has 0 aliphatic carbocycles. The molecule has 0 unspecified atom stereocenters. The first-order chi connectivity index (χ1) is 1.00. The Morgan fingerprint density at radius 1 is 1.25 bits per heavy atom. The molecule has 4 heteroatoms. The summed E-state index contributed by atoms with van der Waals surface area (Å²) in [6, 6.07) is 0. The van der Waals surface area contributed by atoms with Crippen LogP contribution in [0.5, 0.6) is 0 Å². The van der Waals surface area contributed by atoms with Gasteiger partial charge >= 0.3 is 19.3 Å². The number of rotatable bonds is 0. The fourth-order valence-corrected chi connectivity index (χ4v) is 0. The van der Waals surface area contributed by atoms with Gasteiger partial charge in [0.15, 0.2) is 0 Å². The zero-order chi connectivity index (χ0) is 2.00. The van der Waals surface area contributed by atoms with Gasteiger partial charge in [0.05, 0.1) is 0 Å². The Kier molecular flexibility index (Phi) is 117. The monoisotopic (exact) mass is 137 g/mol. The second-order valence-electron chi connectivity index (χ2n) is 0. The first kappa shape index (κ1) is 18.1. The topological polar surface area (TPSA) is 17.1 Å². The molecule has 0 spiro atoms. The minimum atomic E-state index is 0. The maximum absolute atomic E-state index is 7.88. The molecule has 0 aromatic heterocycles. The third-order valence-corrected chi connectivity index (χ3v) is 0. The summed E-state index contributed by atoms with van der Waals surface area (Å²) in [6.07, 6.45) is 0. The van der Waals surface area contributed by atoms with E-state index in [4.69, 9.17) is 3.90 Å². The average molecular weight is 137 g/mol. The van der Waals surface area contributed by atoms with E-state index in [1.807, 2.05) is 0 Å². The van der Waals surface area contributed by atoms with Gasteiger partial charge in [-0.05, 0) is 0 Å². The van der Waals surface area contributed by atoms with Crippen LogP contribution < -0.4 is 0 Å². The summed E-state index contributed by atoms with van der Waals surface area (Å²) in [5, 5.41) is 0. The Balaban J connectivity index is -0.00000000500. The van der Waals surface area contributed by atoms with Crippen molar-refractivity contribution >= 4 is 18.9 Å². The van der Waals surface area contributed by atoms with Crippen LogP contribution in [-0.2, 0) is 36.4 Å². The summed E-state index contributed by atoms with van der Waals surface area (Å²) in [7, 11) is 0. The van der Waals surface area contributed by atoms with Gasteiger partial charge in [0.2, 0.25) is 0 Å². The maximum atomic E-state index is 7.88. The molecule has 25 valence electrons. The Morgan fingerprint density at radius 3 is 1.25 bits per heavy atom. The molecule has 0 bridgehead atoms. The predicted octanol–water partition coefficient (Wildman–Crippen LogP) is -0.505. The van der Waals surface area contributed by atoms with E-state index in [2.05, 4.69) is 15.4 Å². The fourth-order valence-electron chi connectivity index (χ4n) is 0. The standard InChI is InChI=1S/Fe.Li.Ni.O. The van der Waals surface area contributed by atoms with Crippen molar-refractivity contribution in [3.05, 3.63) is 0 Å². The van der Waals surface area contributed by atoms with Crippen molar-refractivity contribution in [2.45, 2.75) is 0 Å². The second kappa shape index (κ2) is 25.8. The number of hydrogen-bond donors (Lipinski definition) is 0. The molecular formula is FeLiNiO. The normalized spacial score (nSPS) is 1.50. The fraction of sp³-hybridized carbons (Fsp3) is 0. The quantitative estimate of drug-likeness (QED) is 0.411. The third-order valence-electron chi connectivity index (χ3n) is 0. The molecule has 1 radical (unpaired) electrons. The van der Waals surface area contributed by atoms with Crippen LogP contribution in [0.25, 0.3) is 0 Å². The average Bonchev–Trinajstić information content (AvgIpc) is 1.00. The van der Waals surface area contributed by atoms with Crippen molar-refractivity contribution in [3.63, 3.8) is 0 Å². The van der Waals surface area contributed by atoms with Crippen LogP contribution in [0.3, 0.4) is 0 Å². The van der Waals surface area contributed by atoms with Gasteiger partial charge in [0.25, 0.3) is 0 Å². The molecule has 0 atom stereocenters. The molecule has 0 aromatic rings. The Bertz CT molecular complexity index is 8.00. The van der Waals surface area contributed by atoms with Crippen LogP contribution >= 0.6 is 0 Å². The van der Waals surface area contributed by atoms with Crippen molar-refractivity contribution < 1.29 is 36.4 Å². The predicted molar refractivity (Wildman–Crippen MR) is 6.44 cm³/mol. The molecule has 0 saturated carbocycles. The van der Waals surface area contributed by atoms with Gasteiger partial charge in [-0.2, -0.15) is 0 Å². The summed E-state index contributed by atoms with van der Waals surface area (Å²) in [6.45, 7) is 0. The zero-order valence-electron chi connectivity index (χ0n) is 2.08. The molecule has 0 saturated heterocycles. The molecule has 0 amide bonds. The van der Waals surface area contributed by atoms with E-state index in [1.165, 1.54) is 0 Å². The second-order valence-corrected chi connectivity index (χ2v) is 0. The van der Waals surface area contributed by atoms with Crippen molar-refractivity contribution in [1.82, 2.24) is 0 Å². The van der Waals surface area contributed by atoms with E-state index >= 15 is 0 Å². The van der Waals surface area contributed by atoms with Gasteiger partial charge in [-0.25, -0.2) is 0 Å². The Labute approximate surface area is 55.1 Å². The van der Waals surface area contributed by atoms with Crippen molar-refractivity contribution in [2.24, 2.45) is 0 Å². The first-order valence-electron chi connectivity index (χ1n) is 0.129. The summed E-state index contributed by atoms with van der Waals surface area (Å²) >= 11 is 2.62. The molecule has 0 aliphatic rings. The van der Waals surface area contributed by atoms with Gasteiger partial charge < -0.3 is 0 Å². The zero-order valence-corrected chi connectivity index (χ0v) is 4.17. The SMILES string of the molecule is [Fe].[Li].[O]=[Ni]. The van der Waals surface area contributed by atoms with Crippen molar-refractivity contribution in [2.75, 3.05) is 0 Å². The van der Waals surface area contributed by atoms with E-state index in [0.29, 0.717) is 0 Å². The van der Waals surface area contributed by atoms with Gasteiger partial charge in [-0.15, -0.1) is 0 Å². The van der Waals surface area contributed by atoms with E-state index in [1.54, 1.807) is 0 Å². The molecule has 0 N–H and O–H groups in total. The molecule has 0 fully saturated rings. The Hall–Kier alpha value is 1.41.